The molecular weight excluding hydrogens is 445 g/mol. The van der Waals surface area contributed by atoms with Crippen LogP contribution in [0.15, 0.2) is 48.5 Å². The Bertz CT molecular complexity index is 966. The van der Waals surface area contributed by atoms with Gasteiger partial charge in [0, 0.05) is 5.56 Å². The lowest BCUT2D eigenvalue weighted by Crippen LogP contribution is -2.41. The standard InChI is InChI=1S/C27H38BNO6/c1-25(2,3)18-33-23(20-11-15-22(31-8)16-12-20)29-24(30)32-17-19-9-13-21(14-10-19)28-34-26(4,5)27(6,7)35-28/h9-16,23H,17-18H2,1-8H3,(H,29,30). The van der Waals surface area contributed by atoms with E-state index in [9.17, 15) is 4.79 Å². The molecule has 0 saturated carbocycles. The molecule has 0 aliphatic carbocycles. The largest absolute Gasteiger partial charge is 0.497 e. The van der Waals surface area contributed by atoms with Crippen LogP contribution in [0.2, 0.25) is 0 Å². The maximum atomic E-state index is 12.6. The summed E-state index contributed by atoms with van der Waals surface area (Å²) in [6.07, 6.45) is -1.20. The smallest absolute Gasteiger partial charge is 0.494 e. The molecule has 8 heteroatoms. The predicted octanol–water partition coefficient (Wildman–Crippen LogP) is 4.98. The van der Waals surface area contributed by atoms with Gasteiger partial charge in [-0.05, 0) is 56.3 Å². The van der Waals surface area contributed by atoms with Crippen molar-refractivity contribution in [3.05, 3.63) is 59.7 Å². The Hall–Kier alpha value is -2.55. The van der Waals surface area contributed by atoms with Crippen molar-refractivity contribution < 1.29 is 28.3 Å². The summed E-state index contributed by atoms with van der Waals surface area (Å²) in [5.74, 6) is 0.731. The minimum absolute atomic E-state index is 0.0603. The van der Waals surface area contributed by atoms with Crippen molar-refractivity contribution in [1.82, 2.24) is 5.32 Å². The highest BCUT2D eigenvalue weighted by Crippen LogP contribution is 2.36. The van der Waals surface area contributed by atoms with E-state index in [4.69, 9.17) is 23.5 Å². The molecule has 1 aliphatic rings. The summed E-state index contributed by atoms with van der Waals surface area (Å²) in [7, 11) is 1.18. The number of ether oxygens (including phenoxy) is 3. The summed E-state index contributed by atoms with van der Waals surface area (Å²) in [4.78, 5) is 12.6. The van der Waals surface area contributed by atoms with Crippen molar-refractivity contribution in [2.75, 3.05) is 13.7 Å². The van der Waals surface area contributed by atoms with Gasteiger partial charge in [0.15, 0.2) is 6.23 Å². The predicted molar refractivity (Wildman–Crippen MR) is 137 cm³/mol. The molecule has 7 nitrogen and oxygen atoms in total. The number of hydrogen-bond donors (Lipinski definition) is 1. The highest BCUT2D eigenvalue weighted by Gasteiger charge is 2.51. The van der Waals surface area contributed by atoms with E-state index in [2.05, 4.69) is 26.1 Å². The van der Waals surface area contributed by atoms with Crippen LogP contribution in [0.3, 0.4) is 0 Å². The summed E-state index contributed by atoms with van der Waals surface area (Å²) >= 11 is 0. The average Bonchev–Trinajstić information content (AvgIpc) is 3.02. The first-order valence-corrected chi connectivity index (χ1v) is 11.9. The van der Waals surface area contributed by atoms with Gasteiger partial charge in [-0.2, -0.15) is 0 Å². The van der Waals surface area contributed by atoms with Crippen molar-refractivity contribution in [2.45, 2.75) is 72.5 Å². The number of alkyl carbamates (subject to hydrolysis) is 1. The fourth-order valence-electron chi connectivity index (χ4n) is 3.38. The van der Waals surface area contributed by atoms with Crippen LogP contribution in [0.5, 0.6) is 5.75 Å². The summed E-state index contributed by atoms with van der Waals surface area (Å²) in [5, 5.41) is 2.82. The molecule has 1 fully saturated rings. The molecule has 3 rings (SSSR count). The summed E-state index contributed by atoms with van der Waals surface area (Å²) in [6, 6.07) is 15.1. The van der Waals surface area contributed by atoms with Crippen LogP contribution in [0.4, 0.5) is 4.79 Å². The fourth-order valence-corrected chi connectivity index (χ4v) is 3.38. The fraction of sp³-hybridized carbons (Fsp3) is 0.519. The summed E-state index contributed by atoms with van der Waals surface area (Å²) in [5.41, 5.74) is 1.73. The maximum Gasteiger partial charge on any atom is 0.494 e. The Labute approximate surface area is 209 Å². The molecule has 0 bridgehead atoms. The van der Waals surface area contributed by atoms with Crippen LogP contribution < -0.4 is 15.5 Å². The molecular formula is C27H38BNO6. The highest BCUT2D eigenvalue weighted by molar-refractivity contribution is 6.62. The van der Waals surface area contributed by atoms with Crippen molar-refractivity contribution >= 4 is 18.7 Å². The molecule has 1 heterocycles. The van der Waals surface area contributed by atoms with Crippen molar-refractivity contribution in [1.29, 1.82) is 0 Å². The second kappa shape index (κ2) is 10.6. The Balaban J connectivity index is 1.58. The van der Waals surface area contributed by atoms with Gasteiger partial charge in [-0.15, -0.1) is 0 Å². The molecule has 190 valence electrons. The van der Waals surface area contributed by atoms with Crippen LogP contribution in [0.25, 0.3) is 0 Å². The van der Waals surface area contributed by atoms with Crippen molar-refractivity contribution in [3.63, 3.8) is 0 Å². The molecule has 35 heavy (non-hydrogen) atoms. The SMILES string of the molecule is COc1ccc(C(NC(=O)OCc2ccc(B3OC(C)(C)C(C)(C)O3)cc2)OCC(C)(C)C)cc1. The highest BCUT2D eigenvalue weighted by atomic mass is 16.7. The molecule has 1 aliphatic heterocycles. The lowest BCUT2D eigenvalue weighted by molar-refractivity contribution is -0.0120. The number of hydrogen-bond acceptors (Lipinski definition) is 6. The van der Waals surface area contributed by atoms with Gasteiger partial charge in [-0.1, -0.05) is 57.2 Å². The Morgan fingerprint density at radius 3 is 2.06 bits per heavy atom. The number of nitrogens with one attached hydrogen (secondary N) is 1. The first kappa shape index (κ1) is 27.0. The number of carbonyl (C=O) groups excluding carboxylic acids is 1. The van der Waals surface area contributed by atoms with Crippen LogP contribution in [0, 0.1) is 5.41 Å². The topological polar surface area (TPSA) is 75.3 Å². The first-order valence-electron chi connectivity index (χ1n) is 11.9. The maximum absolute atomic E-state index is 12.6. The first-order chi connectivity index (χ1) is 16.3. The lowest BCUT2D eigenvalue weighted by atomic mass is 9.79. The molecule has 0 spiro atoms. The molecule has 1 atom stereocenters. The van der Waals surface area contributed by atoms with Crippen LogP contribution in [-0.4, -0.2) is 38.1 Å². The number of rotatable bonds is 8. The van der Waals surface area contributed by atoms with Crippen LogP contribution in [-0.2, 0) is 25.4 Å². The molecule has 0 radical (unpaired) electrons. The van der Waals surface area contributed by atoms with Crippen LogP contribution >= 0.6 is 0 Å². The van der Waals surface area contributed by atoms with Gasteiger partial charge in [-0.3, -0.25) is 5.32 Å². The zero-order valence-corrected chi connectivity index (χ0v) is 22.1. The monoisotopic (exact) mass is 483 g/mol. The van der Waals surface area contributed by atoms with Crippen LogP contribution in [0.1, 0.15) is 65.8 Å². The number of benzene rings is 2. The van der Waals surface area contributed by atoms with Gasteiger partial charge in [0.25, 0.3) is 0 Å². The number of carbonyl (C=O) groups is 1. The summed E-state index contributed by atoms with van der Waals surface area (Å²) in [6.45, 7) is 14.9. The van der Waals surface area contributed by atoms with E-state index in [-0.39, 0.29) is 12.0 Å². The van der Waals surface area contributed by atoms with Gasteiger partial charge in [0.2, 0.25) is 0 Å². The molecule has 0 aromatic heterocycles. The minimum Gasteiger partial charge on any atom is -0.497 e. The van der Waals surface area contributed by atoms with Gasteiger partial charge >= 0.3 is 13.2 Å². The lowest BCUT2D eigenvalue weighted by Gasteiger charge is -2.32. The zero-order valence-electron chi connectivity index (χ0n) is 22.1. The van der Waals surface area contributed by atoms with E-state index in [0.29, 0.717) is 6.61 Å². The van der Waals surface area contributed by atoms with E-state index >= 15 is 0 Å². The zero-order chi connectivity index (χ0) is 25.9. The van der Waals surface area contributed by atoms with Gasteiger partial charge in [0.1, 0.15) is 12.4 Å². The van der Waals surface area contributed by atoms with Gasteiger partial charge in [-0.25, -0.2) is 4.79 Å². The molecule has 1 N–H and O–H groups in total. The summed E-state index contributed by atoms with van der Waals surface area (Å²) < 4.78 is 28.9. The molecule has 1 unspecified atom stereocenters. The quantitative estimate of drug-likeness (QED) is 0.422. The Morgan fingerprint density at radius 2 is 1.54 bits per heavy atom. The van der Waals surface area contributed by atoms with E-state index in [1.54, 1.807) is 7.11 Å². The normalized spacial score (nSPS) is 17.7. The second-order valence-corrected chi connectivity index (χ2v) is 11.1. The van der Waals surface area contributed by atoms with E-state index in [0.717, 1.165) is 22.3 Å². The molecule has 1 saturated heterocycles. The average molecular weight is 483 g/mol. The number of methoxy groups -OCH3 is 1. The third-order valence-electron chi connectivity index (χ3n) is 6.23. The van der Waals surface area contributed by atoms with Gasteiger partial charge < -0.3 is 23.5 Å². The molecule has 2 aromatic rings. The number of amides is 1. The Morgan fingerprint density at radius 1 is 0.971 bits per heavy atom. The second-order valence-electron chi connectivity index (χ2n) is 11.1. The van der Waals surface area contributed by atoms with E-state index < -0.39 is 30.6 Å². The van der Waals surface area contributed by atoms with E-state index in [1.807, 2.05) is 76.2 Å². The minimum atomic E-state index is -0.640. The third-order valence-corrected chi connectivity index (χ3v) is 6.23. The molecule has 2 aromatic carbocycles. The van der Waals surface area contributed by atoms with Crippen molar-refractivity contribution in [3.8, 4) is 5.75 Å². The van der Waals surface area contributed by atoms with E-state index in [1.165, 1.54) is 0 Å². The van der Waals surface area contributed by atoms with Gasteiger partial charge in [0.05, 0.1) is 24.9 Å². The molecule has 1 amide bonds. The third kappa shape index (κ3) is 7.23. The van der Waals surface area contributed by atoms with Crippen molar-refractivity contribution in [2.24, 2.45) is 5.41 Å². The Kier molecular flexibility index (Phi) is 8.19.